The Labute approximate surface area is 159 Å². The molecule has 152 valence electrons. The lowest BCUT2D eigenvalue weighted by atomic mass is 10.0. The molecule has 0 fully saturated rings. The molecule has 8 heteroatoms. The third-order valence-electron chi connectivity index (χ3n) is 3.74. The topological polar surface area (TPSA) is 103 Å². The summed E-state index contributed by atoms with van der Waals surface area (Å²) in [6.45, 7) is 2.60. The Balaban J connectivity index is 2.10. The van der Waals surface area contributed by atoms with Crippen LogP contribution in [-0.4, -0.2) is 63.9 Å². The predicted octanol–water partition coefficient (Wildman–Crippen LogP) is 2.07. The summed E-state index contributed by atoms with van der Waals surface area (Å²) in [5, 5.41) is 11.8. The van der Waals surface area contributed by atoms with Gasteiger partial charge in [0, 0.05) is 20.3 Å². The summed E-state index contributed by atoms with van der Waals surface area (Å²) in [7, 11) is 1.60. The van der Waals surface area contributed by atoms with Crippen LogP contribution in [0.2, 0.25) is 0 Å². The Kier molecular flexibility index (Phi) is 12.7. The Morgan fingerprint density at radius 3 is 2.33 bits per heavy atom. The summed E-state index contributed by atoms with van der Waals surface area (Å²) >= 11 is 0. The van der Waals surface area contributed by atoms with Gasteiger partial charge < -0.3 is 29.4 Å². The lowest BCUT2D eigenvalue weighted by Crippen LogP contribution is -2.28. The number of hydrogen-bond donors (Lipinski definition) is 2. The molecule has 1 aromatic carbocycles. The second-order valence-corrected chi connectivity index (χ2v) is 5.82. The number of nitrogens with one attached hydrogen (secondary N) is 1. The summed E-state index contributed by atoms with van der Waals surface area (Å²) in [6, 6.07) is 9.32. The highest BCUT2D eigenvalue weighted by atomic mass is 16.5. The standard InChI is InChI=1S/C19H29NO7/c1-24-11-12-26-14-13-25-10-8-17(18(21)22)7-9-20-19(23)27-15-16-5-3-2-4-6-16/h2-6,17H,7-15H2,1H3,(H,20,23)(H,21,22). The summed E-state index contributed by atoms with van der Waals surface area (Å²) < 4.78 is 20.5. The lowest BCUT2D eigenvalue weighted by molar-refractivity contribution is -0.142. The molecule has 0 aromatic heterocycles. The lowest BCUT2D eigenvalue weighted by Gasteiger charge is -2.13. The maximum absolute atomic E-state index is 11.6. The van der Waals surface area contributed by atoms with E-state index in [1.54, 1.807) is 7.11 Å². The molecular formula is C19H29NO7. The van der Waals surface area contributed by atoms with E-state index < -0.39 is 18.0 Å². The number of benzene rings is 1. The van der Waals surface area contributed by atoms with Gasteiger partial charge in [-0.05, 0) is 18.4 Å². The van der Waals surface area contributed by atoms with Crippen LogP contribution in [-0.2, 0) is 30.3 Å². The molecule has 0 saturated heterocycles. The SMILES string of the molecule is COCCOCCOCCC(CCNC(=O)OCc1ccccc1)C(=O)O. The first-order valence-corrected chi connectivity index (χ1v) is 8.95. The minimum atomic E-state index is -0.908. The Hall–Kier alpha value is -2.16. The van der Waals surface area contributed by atoms with E-state index in [9.17, 15) is 14.7 Å². The summed E-state index contributed by atoms with van der Waals surface area (Å²) in [4.78, 5) is 22.9. The normalized spacial score (nSPS) is 11.7. The molecule has 1 unspecified atom stereocenters. The highest BCUT2D eigenvalue weighted by molar-refractivity contribution is 5.70. The Morgan fingerprint density at radius 2 is 1.67 bits per heavy atom. The molecule has 0 heterocycles. The fraction of sp³-hybridized carbons (Fsp3) is 0.579. The smallest absolute Gasteiger partial charge is 0.407 e. The van der Waals surface area contributed by atoms with E-state index in [2.05, 4.69) is 5.32 Å². The summed E-state index contributed by atoms with van der Waals surface area (Å²) in [5.74, 6) is -1.50. The third-order valence-corrected chi connectivity index (χ3v) is 3.74. The predicted molar refractivity (Wildman–Crippen MR) is 98.5 cm³/mol. The molecule has 0 spiro atoms. The van der Waals surface area contributed by atoms with E-state index in [4.69, 9.17) is 18.9 Å². The molecule has 1 atom stereocenters. The number of amides is 1. The van der Waals surface area contributed by atoms with Gasteiger partial charge in [0.1, 0.15) is 6.61 Å². The van der Waals surface area contributed by atoms with Gasteiger partial charge in [0.15, 0.2) is 0 Å². The van der Waals surface area contributed by atoms with E-state index in [0.717, 1.165) is 5.56 Å². The zero-order valence-corrected chi connectivity index (χ0v) is 15.7. The van der Waals surface area contributed by atoms with Crippen molar-refractivity contribution in [3.8, 4) is 0 Å². The Morgan fingerprint density at radius 1 is 1.00 bits per heavy atom. The van der Waals surface area contributed by atoms with Crippen LogP contribution in [0.1, 0.15) is 18.4 Å². The van der Waals surface area contributed by atoms with Gasteiger partial charge in [0.2, 0.25) is 0 Å². The molecular weight excluding hydrogens is 354 g/mol. The number of ether oxygens (including phenoxy) is 4. The molecule has 0 aliphatic carbocycles. The molecule has 0 radical (unpaired) electrons. The van der Waals surface area contributed by atoms with Gasteiger partial charge in [-0.1, -0.05) is 30.3 Å². The monoisotopic (exact) mass is 383 g/mol. The van der Waals surface area contributed by atoms with E-state index in [1.807, 2.05) is 30.3 Å². The third kappa shape index (κ3) is 12.0. The van der Waals surface area contributed by atoms with Gasteiger partial charge in [-0.2, -0.15) is 0 Å². The minimum absolute atomic E-state index is 0.176. The van der Waals surface area contributed by atoms with Crippen molar-refractivity contribution in [2.45, 2.75) is 19.4 Å². The summed E-state index contributed by atoms with van der Waals surface area (Å²) in [5.41, 5.74) is 0.888. The van der Waals surface area contributed by atoms with Crippen molar-refractivity contribution >= 4 is 12.1 Å². The van der Waals surface area contributed by atoms with Crippen molar-refractivity contribution in [3.63, 3.8) is 0 Å². The summed E-state index contributed by atoms with van der Waals surface area (Å²) in [6.07, 6.45) is 0.116. The number of carboxylic acids is 1. The van der Waals surface area contributed by atoms with Gasteiger partial charge in [0.25, 0.3) is 0 Å². The van der Waals surface area contributed by atoms with Crippen LogP contribution in [0, 0.1) is 5.92 Å². The molecule has 0 bridgehead atoms. The molecule has 0 aliphatic heterocycles. The van der Waals surface area contributed by atoms with Crippen LogP contribution >= 0.6 is 0 Å². The fourth-order valence-electron chi connectivity index (χ4n) is 2.20. The van der Waals surface area contributed by atoms with Crippen molar-refractivity contribution in [2.75, 3.05) is 46.7 Å². The van der Waals surface area contributed by atoms with Crippen molar-refractivity contribution in [1.82, 2.24) is 5.32 Å². The van der Waals surface area contributed by atoms with Gasteiger partial charge >= 0.3 is 12.1 Å². The highest BCUT2D eigenvalue weighted by Gasteiger charge is 2.17. The number of carboxylic acid groups (broad SMARTS) is 1. The first-order chi connectivity index (χ1) is 13.1. The van der Waals surface area contributed by atoms with Gasteiger partial charge in [-0.3, -0.25) is 4.79 Å². The molecule has 1 amide bonds. The van der Waals surface area contributed by atoms with Crippen LogP contribution in [0.4, 0.5) is 4.79 Å². The van der Waals surface area contributed by atoms with Crippen molar-refractivity contribution in [3.05, 3.63) is 35.9 Å². The first kappa shape index (κ1) is 22.9. The first-order valence-electron chi connectivity index (χ1n) is 8.95. The molecule has 1 aromatic rings. The van der Waals surface area contributed by atoms with Crippen LogP contribution in [0.3, 0.4) is 0 Å². The number of hydrogen-bond acceptors (Lipinski definition) is 6. The second kappa shape index (κ2) is 15.0. The molecule has 27 heavy (non-hydrogen) atoms. The molecule has 0 aliphatic rings. The van der Waals surface area contributed by atoms with Crippen molar-refractivity contribution < 1.29 is 33.6 Å². The highest BCUT2D eigenvalue weighted by Crippen LogP contribution is 2.09. The van der Waals surface area contributed by atoms with Gasteiger partial charge in [0.05, 0.1) is 32.3 Å². The number of carbonyl (C=O) groups excluding carboxylic acids is 1. The molecule has 1 rings (SSSR count). The maximum atomic E-state index is 11.6. The van der Waals surface area contributed by atoms with Crippen LogP contribution in [0.15, 0.2) is 30.3 Å². The van der Waals surface area contributed by atoms with Gasteiger partial charge in [-0.25, -0.2) is 4.79 Å². The average Bonchev–Trinajstić information content (AvgIpc) is 2.67. The quantitative estimate of drug-likeness (QED) is 0.447. The zero-order chi connectivity index (χ0) is 19.7. The molecule has 2 N–H and O–H groups in total. The maximum Gasteiger partial charge on any atom is 0.407 e. The number of aliphatic carboxylic acids is 1. The average molecular weight is 383 g/mol. The van der Waals surface area contributed by atoms with Crippen LogP contribution < -0.4 is 5.32 Å². The fourth-order valence-corrected chi connectivity index (χ4v) is 2.20. The molecule has 0 saturated carbocycles. The van der Waals surface area contributed by atoms with Crippen molar-refractivity contribution in [2.24, 2.45) is 5.92 Å². The van der Waals surface area contributed by atoms with Crippen LogP contribution in [0.25, 0.3) is 0 Å². The van der Waals surface area contributed by atoms with Crippen molar-refractivity contribution in [1.29, 1.82) is 0 Å². The zero-order valence-electron chi connectivity index (χ0n) is 15.7. The minimum Gasteiger partial charge on any atom is -0.481 e. The second-order valence-electron chi connectivity index (χ2n) is 5.82. The Bertz CT molecular complexity index is 524. The van der Waals surface area contributed by atoms with E-state index in [-0.39, 0.29) is 13.2 Å². The number of alkyl carbamates (subject to hydrolysis) is 1. The number of methoxy groups -OCH3 is 1. The van der Waals surface area contributed by atoms with Gasteiger partial charge in [-0.15, -0.1) is 0 Å². The van der Waals surface area contributed by atoms with E-state index in [0.29, 0.717) is 45.9 Å². The van der Waals surface area contributed by atoms with Crippen LogP contribution in [0.5, 0.6) is 0 Å². The largest absolute Gasteiger partial charge is 0.481 e. The molecule has 8 nitrogen and oxygen atoms in total. The number of carbonyl (C=O) groups is 2. The number of rotatable bonds is 15. The van der Waals surface area contributed by atoms with E-state index >= 15 is 0 Å². The van der Waals surface area contributed by atoms with E-state index in [1.165, 1.54) is 0 Å².